The molecule has 3 N–H and O–H groups in total. The van der Waals surface area contributed by atoms with E-state index in [1.54, 1.807) is 32.0 Å². The number of halogens is 1. The number of rotatable bonds is 2. The topological polar surface area (TPSA) is 55.1 Å². The van der Waals surface area contributed by atoms with Crippen molar-refractivity contribution in [3.05, 3.63) is 35.6 Å². The van der Waals surface area contributed by atoms with Crippen LogP contribution < -0.4 is 11.1 Å². The number of amides is 2. The predicted octanol–water partition coefficient (Wildman–Crippen LogP) is 1.73. The molecule has 0 saturated carbocycles. The summed E-state index contributed by atoms with van der Waals surface area (Å²) in [4.78, 5) is 10.7. The zero-order valence-electron chi connectivity index (χ0n) is 8.17. The molecule has 0 radical (unpaired) electrons. The Bertz CT molecular complexity index is 350. The number of urea groups is 1. The number of hydrogen-bond donors (Lipinski definition) is 2. The fourth-order valence-electron chi connectivity index (χ4n) is 1.34. The van der Waals surface area contributed by atoms with Crippen molar-refractivity contribution >= 4 is 6.03 Å². The average molecular weight is 196 g/mol. The molecule has 76 valence electrons. The molecule has 0 fully saturated rings. The summed E-state index contributed by atoms with van der Waals surface area (Å²) in [5.41, 5.74) is 4.61. The van der Waals surface area contributed by atoms with E-state index in [1.807, 2.05) is 0 Å². The molecule has 0 spiro atoms. The van der Waals surface area contributed by atoms with E-state index in [-0.39, 0.29) is 5.82 Å². The number of carbonyl (C=O) groups is 1. The van der Waals surface area contributed by atoms with Gasteiger partial charge in [0.25, 0.3) is 0 Å². The smallest absolute Gasteiger partial charge is 0.312 e. The molecule has 0 aromatic heterocycles. The van der Waals surface area contributed by atoms with Crippen LogP contribution in [-0.4, -0.2) is 6.03 Å². The van der Waals surface area contributed by atoms with Gasteiger partial charge >= 0.3 is 6.03 Å². The lowest BCUT2D eigenvalue weighted by atomic mass is 9.94. The molecule has 2 amide bonds. The van der Waals surface area contributed by atoms with Gasteiger partial charge in [0.1, 0.15) is 5.82 Å². The van der Waals surface area contributed by atoms with Crippen LogP contribution in [0.5, 0.6) is 0 Å². The van der Waals surface area contributed by atoms with Gasteiger partial charge in [0.05, 0.1) is 5.54 Å². The van der Waals surface area contributed by atoms with E-state index in [0.29, 0.717) is 5.56 Å². The monoisotopic (exact) mass is 196 g/mol. The second-order valence-corrected chi connectivity index (χ2v) is 3.59. The van der Waals surface area contributed by atoms with Crippen molar-refractivity contribution in [3.8, 4) is 0 Å². The quantitative estimate of drug-likeness (QED) is 0.743. The van der Waals surface area contributed by atoms with Crippen LogP contribution in [0.2, 0.25) is 0 Å². The molecule has 1 rings (SSSR count). The molecule has 3 nitrogen and oxygen atoms in total. The van der Waals surface area contributed by atoms with E-state index < -0.39 is 11.6 Å². The minimum absolute atomic E-state index is 0.355. The lowest BCUT2D eigenvalue weighted by Gasteiger charge is -2.26. The van der Waals surface area contributed by atoms with Crippen molar-refractivity contribution in [2.24, 2.45) is 5.73 Å². The third-order valence-electron chi connectivity index (χ3n) is 1.98. The Labute approximate surface area is 82.1 Å². The molecule has 0 saturated heterocycles. The highest BCUT2D eigenvalue weighted by Gasteiger charge is 2.24. The fourth-order valence-corrected chi connectivity index (χ4v) is 1.34. The predicted molar refractivity (Wildman–Crippen MR) is 52.1 cm³/mol. The van der Waals surface area contributed by atoms with Crippen molar-refractivity contribution in [1.82, 2.24) is 5.32 Å². The van der Waals surface area contributed by atoms with Gasteiger partial charge in [-0.25, -0.2) is 9.18 Å². The number of nitrogens with one attached hydrogen (secondary N) is 1. The normalized spacial score (nSPS) is 11.1. The van der Waals surface area contributed by atoms with Gasteiger partial charge in [0, 0.05) is 5.56 Å². The van der Waals surface area contributed by atoms with Crippen molar-refractivity contribution < 1.29 is 9.18 Å². The number of carbonyl (C=O) groups excluding carboxylic acids is 1. The lowest BCUT2D eigenvalue weighted by Crippen LogP contribution is -2.44. The largest absolute Gasteiger partial charge is 0.352 e. The van der Waals surface area contributed by atoms with E-state index in [0.717, 1.165) is 0 Å². The van der Waals surface area contributed by atoms with Gasteiger partial charge < -0.3 is 11.1 Å². The summed E-state index contributed by atoms with van der Waals surface area (Å²) in [5, 5.41) is 2.48. The Hall–Kier alpha value is -1.58. The van der Waals surface area contributed by atoms with Gasteiger partial charge in [-0.15, -0.1) is 0 Å². The zero-order chi connectivity index (χ0) is 10.8. The molecule has 0 heterocycles. The standard InChI is InChI=1S/C10H13FN2O/c1-10(2,13-9(12)14)7-5-3-4-6-8(7)11/h3-6H,1-2H3,(H3,12,13,14). The van der Waals surface area contributed by atoms with Gasteiger partial charge in [0.15, 0.2) is 0 Å². The van der Waals surface area contributed by atoms with Crippen LogP contribution in [0, 0.1) is 5.82 Å². The van der Waals surface area contributed by atoms with Gasteiger partial charge in [-0.2, -0.15) is 0 Å². The summed E-state index contributed by atoms with van der Waals surface area (Å²) in [5.74, 6) is -0.355. The van der Waals surface area contributed by atoms with Gasteiger partial charge in [-0.3, -0.25) is 0 Å². The third kappa shape index (κ3) is 2.22. The first-order valence-electron chi connectivity index (χ1n) is 4.26. The second-order valence-electron chi connectivity index (χ2n) is 3.59. The number of nitrogens with two attached hydrogens (primary N) is 1. The summed E-state index contributed by atoms with van der Waals surface area (Å²) in [6.45, 7) is 3.38. The highest BCUT2D eigenvalue weighted by molar-refractivity contribution is 5.72. The zero-order valence-corrected chi connectivity index (χ0v) is 8.17. The van der Waals surface area contributed by atoms with Gasteiger partial charge in [-0.05, 0) is 19.9 Å². The van der Waals surface area contributed by atoms with Crippen LogP contribution in [0.4, 0.5) is 9.18 Å². The molecule has 0 bridgehead atoms. The van der Waals surface area contributed by atoms with E-state index in [2.05, 4.69) is 5.32 Å². The number of primary amides is 1. The summed E-state index contributed by atoms with van der Waals surface area (Å²) in [6, 6.07) is 5.60. The first-order chi connectivity index (χ1) is 6.43. The molecule has 1 aromatic carbocycles. The molecule has 0 aliphatic carbocycles. The average Bonchev–Trinajstić information content (AvgIpc) is 2.02. The van der Waals surface area contributed by atoms with Gasteiger partial charge in [-0.1, -0.05) is 18.2 Å². The first-order valence-corrected chi connectivity index (χ1v) is 4.26. The van der Waals surface area contributed by atoms with Crippen LogP contribution in [0.3, 0.4) is 0 Å². The van der Waals surface area contributed by atoms with Crippen LogP contribution in [0.25, 0.3) is 0 Å². The Morgan fingerprint density at radius 2 is 2.00 bits per heavy atom. The molecule has 0 aliphatic rings. The molecular weight excluding hydrogens is 183 g/mol. The minimum Gasteiger partial charge on any atom is -0.352 e. The Balaban J connectivity index is 3.03. The minimum atomic E-state index is -0.794. The Kier molecular flexibility index (Phi) is 2.74. The van der Waals surface area contributed by atoms with Crippen LogP contribution in [0.15, 0.2) is 24.3 Å². The summed E-state index contributed by atoms with van der Waals surface area (Å²) >= 11 is 0. The maximum Gasteiger partial charge on any atom is 0.312 e. The highest BCUT2D eigenvalue weighted by atomic mass is 19.1. The Morgan fingerprint density at radius 3 is 2.50 bits per heavy atom. The van der Waals surface area contributed by atoms with Crippen LogP contribution in [0.1, 0.15) is 19.4 Å². The first kappa shape index (κ1) is 10.5. The molecule has 4 heteroatoms. The summed E-state index contributed by atoms with van der Waals surface area (Å²) in [7, 11) is 0. The van der Waals surface area contributed by atoms with E-state index in [4.69, 9.17) is 5.73 Å². The molecule has 1 aromatic rings. The van der Waals surface area contributed by atoms with Crippen molar-refractivity contribution in [1.29, 1.82) is 0 Å². The van der Waals surface area contributed by atoms with Crippen LogP contribution >= 0.6 is 0 Å². The summed E-state index contributed by atoms with van der Waals surface area (Å²) in [6.07, 6.45) is 0. The van der Waals surface area contributed by atoms with Gasteiger partial charge in [0.2, 0.25) is 0 Å². The van der Waals surface area contributed by atoms with Crippen molar-refractivity contribution in [2.75, 3.05) is 0 Å². The fraction of sp³-hybridized carbons (Fsp3) is 0.300. The molecule has 0 unspecified atom stereocenters. The number of benzene rings is 1. The maximum atomic E-state index is 13.3. The SMILES string of the molecule is CC(C)(NC(N)=O)c1ccccc1F. The van der Waals surface area contributed by atoms with E-state index in [1.165, 1.54) is 6.07 Å². The third-order valence-corrected chi connectivity index (χ3v) is 1.98. The highest BCUT2D eigenvalue weighted by Crippen LogP contribution is 2.22. The lowest BCUT2D eigenvalue weighted by molar-refractivity contribution is 0.238. The van der Waals surface area contributed by atoms with Crippen LogP contribution in [-0.2, 0) is 5.54 Å². The number of hydrogen-bond acceptors (Lipinski definition) is 1. The maximum absolute atomic E-state index is 13.3. The second kappa shape index (κ2) is 3.65. The van der Waals surface area contributed by atoms with Crippen molar-refractivity contribution in [2.45, 2.75) is 19.4 Å². The van der Waals surface area contributed by atoms with E-state index in [9.17, 15) is 9.18 Å². The molecular formula is C10H13FN2O. The molecule has 0 atom stereocenters. The Morgan fingerprint density at radius 1 is 1.43 bits per heavy atom. The van der Waals surface area contributed by atoms with Crippen molar-refractivity contribution in [3.63, 3.8) is 0 Å². The molecule has 14 heavy (non-hydrogen) atoms. The van der Waals surface area contributed by atoms with E-state index >= 15 is 0 Å². The summed E-state index contributed by atoms with van der Waals surface area (Å²) < 4.78 is 13.3. The molecule has 0 aliphatic heterocycles.